The number of hydrogen-bond donors (Lipinski definition) is 4. The number of nitro benzene ring substituents is 1. The Morgan fingerprint density at radius 3 is 2.43 bits per heavy atom. The van der Waals surface area contributed by atoms with Crippen LogP contribution in [0.5, 0.6) is 0 Å². The quantitative estimate of drug-likeness (QED) is 0.243. The lowest BCUT2D eigenvalue weighted by Crippen LogP contribution is -2.53. The largest absolute Gasteiger partial charge is 0.459 e. The molecule has 2 rings (SSSR count). The maximum atomic E-state index is 12.3. The number of nitro groups is 1. The van der Waals surface area contributed by atoms with Crippen molar-refractivity contribution in [3.8, 4) is 0 Å². The highest BCUT2D eigenvalue weighted by Gasteiger charge is 2.30. The van der Waals surface area contributed by atoms with Gasteiger partial charge in [-0.25, -0.2) is 4.79 Å². The average Bonchev–Trinajstić information content (AvgIpc) is 2.75. The van der Waals surface area contributed by atoms with E-state index in [1.165, 1.54) is 30.7 Å². The van der Waals surface area contributed by atoms with Crippen molar-refractivity contribution in [3.05, 3.63) is 39.9 Å². The van der Waals surface area contributed by atoms with E-state index in [9.17, 15) is 29.9 Å². The first-order valence-electron chi connectivity index (χ1n) is 10.1. The Balaban J connectivity index is 1.82. The van der Waals surface area contributed by atoms with Crippen LogP contribution in [0.2, 0.25) is 0 Å². The van der Waals surface area contributed by atoms with Gasteiger partial charge in [-0.3, -0.25) is 14.9 Å². The van der Waals surface area contributed by atoms with Crippen LogP contribution >= 0.6 is 0 Å². The Labute approximate surface area is 174 Å². The van der Waals surface area contributed by atoms with Crippen LogP contribution in [-0.2, 0) is 20.9 Å². The van der Waals surface area contributed by atoms with E-state index < -0.39 is 41.6 Å². The maximum absolute atomic E-state index is 12.3. The molecule has 1 aromatic rings. The van der Waals surface area contributed by atoms with Crippen LogP contribution in [0, 0.1) is 16.0 Å². The van der Waals surface area contributed by atoms with E-state index in [1.807, 2.05) is 0 Å². The molecule has 1 fully saturated rings. The van der Waals surface area contributed by atoms with Gasteiger partial charge in [-0.15, -0.1) is 0 Å². The first-order valence-corrected chi connectivity index (χ1v) is 10.1. The molecule has 0 heterocycles. The van der Waals surface area contributed by atoms with Crippen molar-refractivity contribution < 1.29 is 29.5 Å². The second kappa shape index (κ2) is 11.6. The number of nitrogens with one attached hydrogen (secondary N) is 1. The fourth-order valence-electron chi connectivity index (χ4n) is 3.54. The van der Waals surface area contributed by atoms with Gasteiger partial charge in [0.1, 0.15) is 12.7 Å². The van der Waals surface area contributed by atoms with Gasteiger partial charge in [-0.05, 0) is 30.0 Å². The van der Waals surface area contributed by atoms with Crippen molar-refractivity contribution in [1.29, 1.82) is 0 Å². The zero-order valence-corrected chi connectivity index (χ0v) is 16.7. The van der Waals surface area contributed by atoms with Gasteiger partial charge in [0.2, 0.25) is 0 Å². The number of benzene rings is 1. The number of nitrogens with two attached hydrogens (primary N) is 1. The first-order chi connectivity index (χ1) is 14.3. The molecule has 1 aromatic carbocycles. The SMILES string of the molecule is N[C@H](CC1CCCCC1)[C@H](O)C(=O)NC(CO)C(=O)OCc1ccc([N+](=O)[O-])cc1. The minimum absolute atomic E-state index is 0.0934. The highest BCUT2D eigenvalue weighted by atomic mass is 16.6. The van der Waals surface area contributed by atoms with Crippen molar-refractivity contribution in [3.63, 3.8) is 0 Å². The summed E-state index contributed by atoms with van der Waals surface area (Å²) in [7, 11) is 0. The van der Waals surface area contributed by atoms with E-state index in [0.717, 1.165) is 25.7 Å². The number of rotatable bonds is 10. The molecule has 0 spiro atoms. The van der Waals surface area contributed by atoms with Crippen LogP contribution in [0.3, 0.4) is 0 Å². The van der Waals surface area contributed by atoms with Gasteiger partial charge in [0.15, 0.2) is 6.04 Å². The number of carbonyl (C=O) groups is 2. The number of non-ortho nitro benzene ring substituents is 1. The van der Waals surface area contributed by atoms with Gasteiger partial charge < -0.3 is 26.0 Å². The first kappa shape index (κ1) is 23.7. The summed E-state index contributed by atoms with van der Waals surface area (Å²) in [6.45, 7) is -0.900. The Kier molecular flexibility index (Phi) is 9.15. The Morgan fingerprint density at radius 1 is 1.23 bits per heavy atom. The van der Waals surface area contributed by atoms with Crippen LogP contribution in [0.15, 0.2) is 24.3 Å². The van der Waals surface area contributed by atoms with Crippen molar-refractivity contribution in [2.45, 2.75) is 63.3 Å². The summed E-state index contributed by atoms with van der Waals surface area (Å²) in [5, 5.41) is 32.5. The zero-order valence-electron chi connectivity index (χ0n) is 16.7. The molecule has 0 aliphatic heterocycles. The van der Waals surface area contributed by atoms with E-state index in [1.54, 1.807) is 0 Å². The average molecular weight is 423 g/mol. The molecule has 0 aromatic heterocycles. The lowest BCUT2D eigenvalue weighted by molar-refractivity contribution is -0.384. The lowest BCUT2D eigenvalue weighted by atomic mass is 9.84. The molecule has 1 amide bonds. The predicted octanol–water partition coefficient (Wildman–Crippen LogP) is 0.774. The summed E-state index contributed by atoms with van der Waals surface area (Å²) in [5.74, 6) is -1.36. The van der Waals surface area contributed by atoms with E-state index in [4.69, 9.17) is 10.5 Å². The number of carbonyl (C=O) groups excluding carboxylic acids is 2. The maximum Gasteiger partial charge on any atom is 0.331 e. The standard InChI is InChI=1S/C20H29N3O7/c21-16(10-13-4-2-1-3-5-13)18(25)19(26)22-17(11-24)20(27)30-12-14-6-8-15(9-7-14)23(28)29/h6-9,13,16-18,24-25H,1-5,10-12,21H2,(H,22,26)/t16-,17?,18+/m1/s1. The van der Waals surface area contributed by atoms with Crippen LogP contribution in [0.1, 0.15) is 44.1 Å². The fraction of sp³-hybridized carbons (Fsp3) is 0.600. The van der Waals surface area contributed by atoms with E-state index in [2.05, 4.69) is 5.32 Å². The fourth-order valence-corrected chi connectivity index (χ4v) is 3.54. The molecule has 3 atom stereocenters. The summed E-state index contributed by atoms with van der Waals surface area (Å²) < 4.78 is 5.05. The van der Waals surface area contributed by atoms with E-state index in [-0.39, 0.29) is 12.3 Å². The molecule has 0 bridgehead atoms. The third-order valence-corrected chi connectivity index (χ3v) is 5.32. The highest BCUT2D eigenvalue weighted by Crippen LogP contribution is 2.27. The number of aliphatic hydroxyl groups is 2. The number of ether oxygens (including phenoxy) is 1. The third kappa shape index (κ3) is 7.05. The summed E-state index contributed by atoms with van der Waals surface area (Å²) in [6.07, 6.45) is 4.49. The smallest absolute Gasteiger partial charge is 0.331 e. The van der Waals surface area contributed by atoms with Crippen molar-refractivity contribution in [2.24, 2.45) is 11.7 Å². The third-order valence-electron chi connectivity index (χ3n) is 5.32. The van der Waals surface area contributed by atoms with Gasteiger partial charge in [0, 0.05) is 18.2 Å². The van der Waals surface area contributed by atoms with Gasteiger partial charge in [0.05, 0.1) is 11.5 Å². The summed E-state index contributed by atoms with van der Waals surface area (Å²) in [6, 6.07) is 3.31. The second-order valence-corrected chi connectivity index (χ2v) is 7.62. The molecule has 10 nitrogen and oxygen atoms in total. The van der Waals surface area contributed by atoms with E-state index in [0.29, 0.717) is 17.9 Å². The molecule has 1 aliphatic carbocycles. The number of amides is 1. The number of nitrogens with zero attached hydrogens (tertiary/aromatic N) is 1. The molecular weight excluding hydrogens is 394 g/mol. The Morgan fingerprint density at radius 2 is 1.87 bits per heavy atom. The number of aliphatic hydroxyl groups excluding tert-OH is 2. The highest BCUT2D eigenvalue weighted by molar-refractivity contribution is 5.87. The van der Waals surface area contributed by atoms with Crippen LogP contribution in [-0.4, -0.2) is 51.8 Å². The molecule has 1 unspecified atom stereocenters. The molecule has 166 valence electrons. The molecule has 10 heteroatoms. The minimum Gasteiger partial charge on any atom is -0.459 e. The monoisotopic (exact) mass is 423 g/mol. The summed E-state index contributed by atoms with van der Waals surface area (Å²) in [4.78, 5) is 34.5. The zero-order chi connectivity index (χ0) is 22.1. The van der Waals surface area contributed by atoms with Crippen molar-refractivity contribution >= 4 is 17.6 Å². The topological polar surface area (TPSA) is 165 Å². The van der Waals surface area contributed by atoms with Crippen LogP contribution < -0.4 is 11.1 Å². The molecular formula is C20H29N3O7. The number of hydrogen-bond acceptors (Lipinski definition) is 8. The van der Waals surface area contributed by atoms with Crippen molar-refractivity contribution in [2.75, 3.05) is 6.61 Å². The van der Waals surface area contributed by atoms with Gasteiger partial charge in [-0.2, -0.15) is 0 Å². The van der Waals surface area contributed by atoms with Crippen LogP contribution in [0.25, 0.3) is 0 Å². The van der Waals surface area contributed by atoms with Gasteiger partial charge in [0.25, 0.3) is 11.6 Å². The van der Waals surface area contributed by atoms with E-state index >= 15 is 0 Å². The summed E-state index contributed by atoms with van der Waals surface area (Å²) >= 11 is 0. The number of esters is 1. The molecule has 0 radical (unpaired) electrons. The molecule has 5 N–H and O–H groups in total. The van der Waals surface area contributed by atoms with Crippen LogP contribution in [0.4, 0.5) is 5.69 Å². The predicted molar refractivity (Wildman–Crippen MR) is 107 cm³/mol. The second-order valence-electron chi connectivity index (χ2n) is 7.62. The normalized spacial score (nSPS) is 17.6. The molecule has 30 heavy (non-hydrogen) atoms. The molecule has 1 saturated carbocycles. The van der Waals surface area contributed by atoms with Gasteiger partial charge >= 0.3 is 5.97 Å². The lowest BCUT2D eigenvalue weighted by Gasteiger charge is -2.27. The Bertz CT molecular complexity index is 720. The minimum atomic E-state index is -1.50. The molecule has 0 saturated heterocycles. The molecule has 1 aliphatic rings. The van der Waals surface area contributed by atoms with Gasteiger partial charge in [-0.1, -0.05) is 32.1 Å². The Hall–Kier alpha value is -2.56. The van der Waals surface area contributed by atoms with Crippen molar-refractivity contribution in [1.82, 2.24) is 5.32 Å². The summed E-state index contributed by atoms with van der Waals surface area (Å²) in [5.41, 5.74) is 6.39.